The molecule has 4 N–H and O–H groups in total. The topological polar surface area (TPSA) is 82.2 Å². The standard InChI is InChI=1S/C10H20N4O/c1-13-9(7-15)5-8-3-2-4-14(6-8)10(11)12/h7-9,13H,2-6H2,1H3,(H3,11,12). The molecule has 2 unspecified atom stereocenters. The van der Waals surface area contributed by atoms with Crippen molar-refractivity contribution in [2.24, 2.45) is 11.7 Å². The van der Waals surface area contributed by atoms with Gasteiger partial charge >= 0.3 is 0 Å². The van der Waals surface area contributed by atoms with Gasteiger partial charge in [-0.2, -0.15) is 0 Å². The fraction of sp³-hybridized carbons (Fsp3) is 0.800. The summed E-state index contributed by atoms with van der Waals surface area (Å²) in [5, 5.41) is 10.3. The van der Waals surface area contributed by atoms with Crippen LogP contribution in [0.4, 0.5) is 0 Å². The van der Waals surface area contributed by atoms with Crippen LogP contribution >= 0.6 is 0 Å². The van der Waals surface area contributed by atoms with Crippen LogP contribution in [0.25, 0.3) is 0 Å². The van der Waals surface area contributed by atoms with Crippen LogP contribution in [0, 0.1) is 11.3 Å². The van der Waals surface area contributed by atoms with E-state index in [1.54, 1.807) is 7.05 Å². The first kappa shape index (κ1) is 12.0. The fourth-order valence-electron chi connectivity index (χ4n) is 2.08. The summed E-state index contributed by atoms with van der Waals surface area (Å²) in [6.07, 6.45) is 3.96. The van der Waals surface area contributed by atoms with Gasteiger partial charge in [0.25, 0.3) is 0 Å². The lowest BCUT2D eigenvalue weighted by atomic mass is 9.92. The molecule has 1 saturated heterocycles. The van der Waals surface area contributed by atoms with Crippen LogP contribution in [0.15, 0.2) is 0 Å². The minimum absolute atomic E-state index is 0.0677. The summed E-state index contributed by atoms with van der Waals surface area (Å²) < 4.78 is 0. The molecule has 86 valence electrons. The van der Waals surface area contributed by atoms with Gasteiger partial charge in [0.1, 0.15) is 6.29 Å². The second-order valence-corrected chi connectivity index (χ2v) is 4.11. The summed E-state index contributed by atoms with van der Waals surface area (Å²) in [4.78, 5) is 12.6. The summed E-state index contributed by atoms with van der Waals surface area (Å²) in [6, 6.07) is -0.0677. The molecule has 1 rings (SSSR count). The third kappa shape index (κ3) is 3.51. The lowest BCUT2D eigenvalue weighted by Gasteiger charge is -2.33. The number of likely N-dealkylation sites (tertiary alicyclic amines) is 1. The zero-order chi connectivity index (χ0) is 11.3. The number of carbonyl (C=O) groups is 1. The number of aldehydes is 1. The normalized spacial score (nSPS) is 23.5. The Bertz CT molecular complexity index is 229. The van der Waals surface area contributed by atoms with Gasteiger partial charge in [-0.05, 0) is 32.2 Å². The molecule has 1 aliphatic rings. The largest absolute Gasteiger partial charge is 0.370 e. The molecule has 0 aliphatic carbocycles. The third-order valence-corrected chi connectivity index (χ3v) is 2.98. The van der Waals surface area contributed by atoms with Gasteiger partial charge in [0.05, 0.1) is 6.04 Å². The molecule has 0 aromatic heterocycles. The zero-order valence-corrected chi connectivity index (χ0v) is 9.20. The number of hydrogen-bond acceptors (Lipinski definition) is 3. The van der Waals surface area contributed by atoms with E-state index in [9.17, 15) is 4.79 Å². The van der Waals surface area contributed by atoms with Gasteiger partial charge in [0, 0.05) is 13.1 Å². The summed E-state index contributed by atoms with van der Waals surface area (Å²) in [5.41, 5.74) is 5.45. The van der Waals surface area contributed by atoms with Crippen molar-refractivity contribution in [3.8, 4) is 0 Å². The first-order chi connectivity index (χ1) is 7.17. The molecule has 1 heterocycles. The van der Waals surface area contributed by atoms with Crippen LogP contribution in [-0.2, 0) is 4.79 Å². The maximum atomic E-state index is 10.7. The Labute approximate surface area is 90.5 Å². The Morgan fingerprint density at radius 3 is 3.07 bits per heavy atom. The van der Waals surface area contributed by atoms with E-state index in [2.05, 4.69) is 5.32 Å². The number of likely N-dealkylation sites (N-methyl/N-ethyl adjacent to an activating group) is 1. The van der Waals surface area contributed by atoms with E-state index in [0.717, 1.165) is 38.6 Å². The molecule has 5 heteroatoms. The summed E-state index contributed by atoms with van der Waals surface area (Å²) in [7, 11) is 1.80. The van der Waals surface area contributed by atoms with Gasteiger partial charge in [-0.15, -0.1) is 0 Å². The number of carbonyl (C=O) groups excluding carboxylic acids is 1. The van der Waals surface area contributed by atoms with Crippen molar-refractivity contribution >= 4 is 12.2 Å². The van der Waals surface area contributed by atoms with Gasteiger partial charge in [-0.3, -0.25) is 5.41 Å². The molecule has 2 atom stereocenters. The van der Waals surface area contributed by atoms with E-state index in [1.807, 2.05) is 4.90 Å². The maximum absolute atomic E-state index is 10.7. The van der Waals surface area contributed by atoms with Crippen molar-refractivity contribution in [1.29, 1.82) is 5.41 Å². The predicted molar refractivity (Wildman–Crippen MR) is 59.7 cm³/mol. The minimum atomic E-state index is -0.0677. The van der Waals surface area contributed by atoms with Crippen molar-refractivity contribution in [3.05, 3.63) is 0 Å². The number of nitrogens with two attached hydrogens (primary N) is 1. The molecule has 0 spiro atoms. The van der Waals surface area contributed by atoms with E-state index < -0.39 is 0 Å². The van der Waals surface area contributed by atoms with Crippen molar-refractivity contribution in [2.75, 3.05) is 20.1 Å². The summed E-state index contributed by atoms with van der Waals surface area (Å²) in [5.74, 6) is 0.608. The highest BCUT2D eigenvalue weighted by molar-refractivity contribution is 5.74. The van der Waals surface area contributed by atoms with Gasteiger partial charge in [0.15, 0.2) is 5.96 Å². The average Bonchev–Trinajstić information content (AvgIpc) is 2.26. The van der Waals surface area contributed by atoms with E-state index in [-0.39, 0.29) is 12.0 Å². The Kier molecular flexibility index (Phi) is 4.55. The number of guanidine groups is 1. The molecule has 0 bridgehead atoms. The second-order valence-electron chi connectivity index (χ2n) is 4.11. The van der Waals surface area contributed by atoms with Gasteiger partial charge in [0.2, 0.25) is 0 Å². The molecule has 5 nitrogen and oxygen atoms in total. The van der Waals surface area contributed by atoms with Crippen LogP contribution in [0.5, 0.6) is 0 Å². The molecule has 0 amide bonds. The zero-order valence-electron chi connectivity index (χ0n) is 9.20. The Morgan fingerprint density at radius 1 is 1.80 bits per heavy atom. The monoisotopic (exact) mass is 212 g/mol. The van der Waals surface area contributed by atoms with Crippen LogP contribution < -0.4 is 11.1 Å². The minimum Gasteiger partial charge on any atom is -0.370 e. The molecule has 1 aliphatic heterocycles. The van der Waals surface area contributed by atoms with Crippen LogP contribution in [0.2, 0.25) is 0 Å². The number of rotatable bonds is 4. The van der Waals surface area contributed by atoms with E-state index >= 15 is 0 Å². The fourth-order valence-corrected chi connectivity index (χ4v) is 2.08. The lowest BCUT2D eigenvalue weighted by molar-refractivity contribution is -0.109. The highest BCUT2D eigenvalue weighted by atomic mass is 16.1. The van der Waals surface area contributed by atoms with Crippen molar-refractivity contribution in [1.82, 2.24) is 10.2 Å². The Balaban J connectivity index is 2.42. The first-order valence-electron chi connectivity index (χ1n) is 5.39. The van der Waals surface area contributed by atoms with Gasteiger partial charge in [-0.1, -0.05) is 0 Å². The molecule has 0 radical (unpaired) electrons. The van der Waals surface area contributed by atoms with Gasteiger partial charge in [-0.25, -0.2) is 0 Å². The molecule has 0 saturated carbocycles. The molecular formula is C10H20N4O. The smallest absolute Gasteiger partial charge is 0.188 e. The average molecular weight is 212 g/mol. The van der Waals surface area contributed by atoms with Crippen molar-refractivity contribution in [2.45, 2.75) is 25.3 Å². The quantitative estimate of drug-likeness (QED) is 0.341. The van der Waals surface area contributed by atoms with E-state index in [4.69, 9.17) is 11.1 Å². The number of hydrogen-bond donors (Lipinski definition) is 3. The lowest BCUT2D eigenvalue weighted by Crippen LogP contribution is -2.45. The van der Waals surface area contributed by atoms with Crippen molar-refractivity contribution < 1.29 is 4.79 Å². The number of nitrogens with one attached hydrogen (secondary N) is 2. The van der Waals surface area contributed by atoms with Crippen LogP contribution in [-0.4, -0.2) is 43.3 Å². The second kappa shape index (κ2) is 5.70. The van der Waals surface area contributed by atoms with Gasteiger partial charge < -0.3 is 20.7 Å². The summed E-state index contributed by atoms with van der Waals surface area (Å²) in [6.45, 7) is 1.68. The Morgan fingerprint density at radius 2 is 2.53 bits per heavy atom. The Hall–Kier alpha value is -1.10. The highest BCUT2D eigenvalue weighted by Crippen LogP contribution is 2.20. The van der Waals surface area contributed by atoms with E-state index in [0.29, 0.717) is 5.92 Å². The number of piperidine rings is 1. The maximum Gasteiger partial charge on any atom is 0.188 e. The predicted octanol–water partition coefficient (Wildman–Crippen LogP) is -0.231. The first-order valence-corrected chi connectivity index (χ1v) is 5.39. The third-order valence-electron chi connectivity index (χ3n) is 2.98. The molecule has 0 aromatic rings. The van der Waals surface area contributed by atoms with Crippen LogP contribution in [0.1, 0.15) is 19.3 Å². The van der Waals surface area contributed by atoms with Crippen molar-refractivity contribution in [3.63, 3.8) is 0 Å². The van der Waals surface area contributed by atoms with E-state index in [1.165, 1.54) is 0 Å². The molecule has 1 fully saturated rings. The SMILES string of the molecule is CNC(C=O)CC1CCCN(C(=N)N)C1. The number of nitrogens with zero attached hydrogens (tertiary/aromatic N) is 1. The summed E-state index contributed by atoms with van der Waals surface area (Å²) >= 11 is 0. The molecule has 15 heavy (non-hydrogen) atoms. The highest BCUT2D eigenvalue weighted by Gasteiger charge is 2.22. The van der Waals surface area contributed by atoms with Crippen LogP contribution in [0.3, 0.4) is 0 Å². The molecule has 0 aromatic carbocycles. The molecular weight excluding hydrogens is 192 g/mol.